The monoisotopic (exact) mass is 1670 g/mol. The van der Waals surface area contributed by atoms with Crippen LogP contribution in [0.1, 0.15) is 128 Å². The molecule has 0 aromatic rings. The Hall–Kier alpha value is 2.05. The maximum absolute atomic E-state index is 10.7. The number of aliphatic hydroxyl groups excluding tert-OH is 2. The van der Waals surface area contributed by atoms with Crippen molar-refractivity contribution in [1.82, 2.24) is 31.4 Å². The van der Waals surface area contributed by atoms with Crippen molar-refractivity contribution >= 4 is 0 Å². The zero-order valence-electron chi connectivity index (χ0n) is 61.3. The fourth-order valence-corrected chi connectivity index (χ4v) is 14.0. The fraction of sp³-hybridized carbons (Fsp3) is 1.00. The molecule has 0 aromatic heterocycles. The molecule has 12 unspecified atom stereocenters. The second kappa shape index (κ2) is 58.0. The summed E-state index contributed by atoms with van der Waals surface area (Å²) >= 11 is 0. The van der Waals surface area contributed by atoms with Crippen molar-refractivity contribution in [3.63, 3.8) is 0 Å². The van der Waals surface area contributed by atoms with E-state index in [1.54, 1.807) is 0 Å². The summed E-state index contributed by atoms with van der Waals surface area (Å²) in [6.45, 7) is 12.2. The Balaban J connectivity index is 0.000000312. The number of hydrogen-bond donors (Lipinski definition) is 12. The minimum Gasteiger partial charge on any atom is -0.870 e. The fourth-order valence-electron chi connectivity index (χ4n) is 14.0. The molecule has 6 saturated carbocycles. The smallest absolute Gasteiger partial charge is 0.870 e. The molecule has 10 rings (SSSR count). The Kier molecular flexibility index (Phi) is 54.9. The molecule has 12 atom stereocenters. The zero-order valence-corrected chi connectivity index (χ0v) is 71.2. The van der Waals surface area contributed by atoms with E-state index >= 15 is 0 Å². The van der Waals surface area contributed by atoms with Crippen LogP contribution in [0.3, 0.4) is 0 Å². The molecule has 4 heterocycles. The summed E-state index contributed by atoms with van der Waals surface area (Å²) in [4.78, 5) is 0. The molecule has 105 heavy (non-hydrogen) atoms. The first-order valence-electron chi connectivity index (χ1n) is 36.7. The van der Waals surface area contributed by atoms with Gasteiger partial charge < -0.3 is 122 Å². The summed E-state index contributed by atoms with van der Waals surface area (Å²) in [6, 6.07) is -7.41. The Morgan fingerprint density at radius 3 is 0.533 bits per heavy atom. The first-order valence-corrected chi connectivity index (χ1v) is 36.7. The summed E-state index contributed by atoms with van der Waals surface area (Å²) in [7, 11) is 0. The molecule has 41 heteroatoms. The van der Waals surface area contributed by atoms with Gasteiger partial charge in [0, 0.05) is 12.1 Å². The summed E-state index contributed by atoms with van der Waals surface area (Å²) in [6.07, 6.45) is 13.3. The van der Waals surface area contributed by atoms with E-state index in [4.69, 9.17) is 137 Å². The standard InChI is InChI=1S/2C26H46O9.2C6H14N3O7.H2O.2Rb/c2*1-2-6-24-23(5-1)32-17-21-19-34-25-7-3-4-8-26(25)35-20-22(18-33-24)31-16-14-29-12-10-27-9-11-28-13-15-30-21;2*10-6-4(8(13)14)1-3(7(11)12)2-5(6)9(15)16;;;/h2*21-26H,1-20H2;2*3-6,10-11,13-16H,1-2H2;1H2;;/q;;2*-1;;2*+1/p-1. The van der Waals surface area contributed by atoms with Crippen LogP contribution in [0.4, 0.5) is 0 Å². The predicted octanol–water partition coefficient (Wildman–Crippen LogP) is -3.93. The van der Waals surface area contributed by atoms with Crippen LogP contribution in [0.2, 0.25) is 0 Å². The predicted molar refractivity (Wildman–Crippen MR) is 346 cm³/mol. The van der Waals surface area contributed by atoms with Crippen molar-refractivity contribution < 1.29 is 269 Å². The molecule has 608 valence electrons. The second-order valence-electron chi connectivity index (χ2n) is 27.1. The third kappa shape index (κ3) is 37.9. The van der Waals surface area contributed by atoms with Crippen LogP contribution >= 0.6 is 0 Å². The molecule has 0 amide bonds. The molecule has 0 spiro atoms. The van der Waals surface area contributed by atoms with Gasteiger partial charge in [-0.05, 0) is 77.0 Å². The van der Waals surface area contributed by atoms with Crippen molar-refractivity contribution in [2.45, 2.75) is 250 Å². The van der Waals surface area contributed by atoms with E-state index < -0.39 is 58.9 Å². The minimum absolute atomic E-state index is 0. The van der Waals surface area contributed by atoms with Crippen LogP contribution in [-0.4, -0.2) is 379 Å². The quantitative estimate of drug-likeness (QED) is 0.113. The maximum atomic E-state index is 10.7. The summed E-state index contributed by atoms with van der Waals surface area (Å²) < 4.78 is 110. The number of ether oxygens (including phenoxy) is 18. The number of rotatable bonds is 6. The van der Waals surface area contributed by atoms with Crippen LogP contribution in [0, 0.1) is 10.4 Å². The average molecular weight is 1670 g/mol. The molecule has 10 aliphatic rings. The second-order valence-corrected chi connectivity index (χ2v) is 27.1. The SMILES string of the molecule is C1CCC2OCC3COC4CCCCC4OCC(COC2C1)OCCOCCOCCOCCO3.C1CCC2OCC3COC4CCCCC4OCC(COC2C1)OCCOCCOCCOCCO3.[O-]N(O)C1CC(N(O)O)C(O)C(N(O)O)C1.[O-]N(O)C1CC(N(O)O)C(O)C(N(O)O)C1.[OH-].[Rb+].[Rb+]. The molecule has 6 aliphatic carbocycles. The number of hydroxylamine groups is 12. The zero-order chi connectivity index (χ0) is 72.9. The molecular weight excluding hydrogens is 1550 g/mol. The van der Waals surface area contributed by atoms with E-state index in [0.29, 0.717) is 159 Å². The van der Waals surface area contributed by atoms with Gasteiger partial charge in [0.25, 0.3) is 0 Å². The van der Waals surface area contributed by atoms with Crippen LogP contribution in [0.15, 0.2) is 0 Å². The van der Waals surface area contributed by atoms with Crippen molar-refractivity contribution in [2.75, 3.05) is 159 Å². The van der Waals surface area contributed by atoms with Crippen LogP contribution in [0.5, 0.6) is 0 Å². The van der Waals surface area contributed by atoms with E-state index in [2.05, 4.69) is 0 Å². The summed E-state index contributed by atoms with van der Waals surface area (Å²) in [5.41, 5.74) is 0. The van der Waals surface area contributed by atoms with Crippen LogP contribution in [0.25, 0.3) is 0 Å². The van der Waals surface area contributed by atoms with E-state index in [-0.39, 0.29) is 242 Å². The van der Waals surface area contributed by atoms with E-state index in [9.17, 15) is 20.6 Å². The first kappa shape index (κ1) is 99.4. The van der Waals surface area contributed by atoms with Crippen LogP contribution < -0.4 is 116 Å². The molecule has 0 radical (unpaired) electrons. The van der Waals surface area contributed by atoms with Crippen LogP contribution in [-0.2, 0) is 85.3 Å². The maximum Gasteiger partial charge on any atom is 1.00 e. The van der Waals surface area contributed by atoms with Crippen molar-refractivity contribution in [3.05, 3.63) is 10.4 Å². The van der Waals surface area contributed by atoms with Crippen molar-refractivity contribution in [2.24, 2.45) is 0 Å². The van der Waals surface area contributed by atoms with Gasteiger partial charge in [0.2, 0.25) is 0 Å². The topological polar surface area (TPSA) is 504 Å². The Bertz CT molecular complexity index is 1790. The molecule has 4 saturated heterocycles. The van der Waals surface area contributed by atoms with E-state index in [1.165, 1.54) is 0 Å². The van der Waals surface area contributed by atoms with Gasteiger partial charge in [-0.2, -0.15) is 0 Å². The molecule has 39 nitrogen and oxygen atoms in total. The first-order chi connectivity index (χ1) is 49.4. The number of fused-ring (bicyclic) bond motifs is 10. The van der Waals surface area contributed by atoms with E-state index in [1.807, 2.05) is 0 Å². The largest absolute Gasteiger partial charge is 1.00 e. The molecular formula is C64H121N6O33Rb2-. The number of nitrogens with zero attached hydrogens (tertiary/aromatic N) is 6. The van der Waals surface area contributed by atoms with Gasteiger partial charge in [-0.15, -0.1) is 0 Å². The Morgan fingerprint density at radius 2 is 0.390 bits per heavy atom. The van der Waals surface area contributed by atoms with Gasteiger partial charge in [0.1, 0.15) is 24.4 Å². The van der Waals surface area contributed by atoms with Gasteiger partial charge in [0.15, 0.2) is 0 Å². The molecule has 13 N–H and O–H groups in total. The van der Waals surface area contributed by atoms with Crippen molar-refractivity contribution in [3.8, 4) is 0 Å². The normalized spacial score (nSPS) is 36.7. The molecule has 10 fully saturated rings. The molecule has 4 aliphatic heterocycles. The summed E-state index contributed by atoms with van der Waals surface area (Å²) in [5, 5.41) is 126. The molecule has 4 bridgehead atoms. The Labute approximate surface area is 712 Å². The third-order valence-electron chi connectivity index (χ3n) is 19.8. The minimum atomic E-state index is -1.50. The third-order valence-corrected chi connectivity index (χ3v) is 19.8. The van der Waals surface area contributed by atoms with Gasteiger partial charge >= 0.3 is 116 Å². The average Bonchev–Trinajstić information content (AvgIpc) is 0.820. The van der Waals surface area contributed by atoms with Gasteiger partial charge in [-0.1, -0.05) is 72.3 Å². The van der Waals surface area contributed by atoms with E-state index in [0.717, 1.165) is 103 Å². The number of aliphatic hydroxyl groups is 2. The van der Waals surface area contributed by atoms with Crippen molar-refractivity contribution in [1.29, 1.82) is 0 Å². The molecule has 0 aromatic carbocycles. The van der Waals surface area contributed by atoms with Gasteiger partial charge in [-0.3, -0.25) is 52.1 Å². The number of hydrogen-bond acceptors (Lipinski definition) is 39. The summed E-state index contributed by atoms with van der Waals surface area (Å²) in [5.74, 6) is 0. The van der Waals surface area contributed by atoms with Gasteiger partial charge in [-0.25, -0.2) is 0 Å². The Morgan fingerprint density at radius 1 is 0.238 bits per heavy atom. The van der Waals surface area contributed by atoms with Gasteiger partial charge in [0.05, 0.1) is 244 Å².